The highest BCUT2D eigenvalue weighted by atomic mass is 19.1. The van der Waals surface area contributed by atoms with Gasteiger partial charge in [-0.25, -0.2) is 4.39 Å². The van der Waals surface area contributed by atoms with Gasteiger partial charge in [-0.15, -0.1) is 0 Å². The first-order chi connectivity index (χ1) is 8.34. The molecule has 2 aromatic carbocycles. The first-order valence-corrected chi connectivity index (χ1v) is 5.29. The van der Waals surface area contributed by atoms with Crippen LogP contribution >= 0.6 is 0 Å². The average molecular weight is 229 g/mol. The van der Waals surface area contributed by atoms with Gasteiger partial charge < -0.3 is 4.84 Å². The monoisotopic (exact) mass is 229 g/mol. The number of hydrogen-bond donors (Lipinski definition) is 0. The summed E-state index contributed by atoms with van der Waals surface area (Å²) in [5.41, 5.74) is 1.72. The Morgan fingerprint density at radius 1 is 1.06 bits per heavy atom. The number of benzene rings is 2. The molecule has 2 nitrogen and oxygen atoms in total. The summed E-state index contributed by atoms with van der Waals surface area (Å²) >= 11 is 0. The van der Waals surface area contributed by atoms with E-state index in [0.29, 0.717) is 12.2 Å². The first kappa shape index (κ1) is 11.3. The summed E-state index contributed by atoms with van der Waals surface area (Å²) in [6.45, 7) is 0.409. The molecule has 17 heavy (non-hydrogen) atoms. The molecular formula is C14H12FNO. The number of rotatable bonds is 4. The molecular weight excluding hydrogens is 217 g/mol. The van der Waals surface area contributed by atoms with Crippen LogP contribution in [-0.2, 0) is 11.4 Å². The second kappa shape index (κ2) is 5.80. The van der Waals surface area contributed by atoms with E-state index in [0.717, 1.165) is 5.56 Å². The maximum absolute atomic E-state index is 12.8. The molecule has 3 heteroatoms. The van der Waals surface area contributed by atoms with Crippen molar-refractivity contribution in [2.24, 2.45) is 5.16 Å². The Bertz CT molecular complexity index is 497. The lowest BCUT2D eigenvalue weighted by Gasteiger charge is -1.98. The summed E-state index contributed by atoms with van der Waals surface area (Å²) < 4.78 is 12.8. The van der Waals surface area contributed by atoms with Gasteiger partial charge in [0.15, 0.2) is 0 Å². The van der Waals surface area contributed by atoms with Crippen LogP contribution in [0.25, 0.3) is 0 Å². The van der Waals surface area contributed by atoms with Crippen LogP contribution in [0, 0.1) is 5.82 Å². The van der Waals surface area contributed by atoms with Gasteiger partial charge in [0, 0.05) is 0 Å². The largest absolute Gasteiger partial charge is 0.391 e. The molecule has 2 aromatic rings. The Labute approximate surface area is 99.3 Å². The van der Waals surface area contributed by atoms with Gasteiger partial charge in [0.05, 0.1) is 6.21 Å². The van der Waals surface area contributed by atoms with E-state index in [1.165, 1.54) is 18.3 Å². The first-order valence-electron chi connectivity index (χ1n) is 5.29. The Morgan fingerprint density at radius 2 is 1.88 bits per heavy atom. The van der Waals surface area contributed by atoms with Gasteiger partial charge in [-0.2, -0.15) is 0 Å². The topological polar surface area (TPSA) is 21.6 Å². The maximum Gasteiger partial charge on any atom is 0.142 e. The summed E-state index contributed by atoms with van der Waals surface area (Å²) in [5.74, 6) is -0.281. The Kier molecular flexibility index (Phi) is 3.86. The molecule has 0 bridgehead atoms. The van der Waals surface area contributed by atoms with Gasteiger partial charge >= 0.3 is 0 Å². The van der Waals surface area contributed by atoms with Crippen LogP contribution in [0.2, 0.25) is 0 Å². The molecule has 0 aliphatic carbocycles. The molecule has 0 atom stereocenters. The second-order valence-electron chi connectivity index (χ2n) is 3.55. The number of hydrogen-bond acceptors (Lipinski definition) is 2. The molecule has 0 saturated carbocycles. The minimum absolute atomic E-state index is 0.281. The summed E-state index contributed by atoms with van der Waals surface area (Å²) in [4.78, 5) is 5.11. The number of nitrogens with zero attached hydrogens (tertiary/aromatic N) is 1. The SMILES string of the molecule is Fc1cccc(C=NOCc2ccccc2)c1. The van der Waals surface area contributed by atoms with Crippen molar-refractivity contribution in [2.45, 2.75) is 6.61 Å². The van der Waals surface area contributed by atoms with Crippen molar-refractivity contribution in [1.82, 2.24) is 0 Å². The van der Waals surface area contributed by atoms with Crippen molar-refractivity contribution in [3.05, 3.63) is 71.5 Å². The van der Waals surface area contributed by atoms with Crippen LogP contribution in [-0.4, -0.2) is 6.21 Å². The number of halogens is 1. The van der Waals surface area contributed by atoms with Gasteiger partial charge in [-0.1, -0.05) is 47.6 Å². The molecule has 0 fully saturated rings. The van der Waals surface area contributed by atoms with E-state index in [9.17, 15) is 4.39 Å². The van der Waals surface area contributed by atoms with Crippen molar-refractivity contribution in [3.63, 3.8) is 0 Å². The molecule has 0 aromatic heterocycles. The fourth-order valence-corrected chi connectivity index (χ4v) is 1.37. The highest BCUT2D eigenvalue weighted by molar-refractivity contribution is 5.78. The van der Waals surface area contributed by atoms with Gasteiger partial charge in [0.1, 0.15) is 12.4 Å². The summed E-state index contributed by atoms with van der Waals surface area (Å²) in [6.07, 6.45) is 1.49. The zero-order valence-electron chi connectivity index (χ0n) is 9.21. The molecule has 0 radical (unpaired) electrons. The fraction of sp³-hybridized carbons (Fsp3) is 0.0714. The van der Waals surface area contributed by atoms with Gasteiger partial charge in [-0.3, -0.25) is 0 Å². The van der Waals surface area contributed by atoms with Crippen LogP contribution < -0.4 is 0 Å². The Morgan fingerprint density at radius 3 is 2.65 bits per heavy atom. The maximum atomic E-state index is 12.8. The fourth-order valence-electron chi connectivity index (χ4n) is 1.37. The summed E-state index contributed by atoms with van der Waals surface area (Å²) in [5, 5.41) is 3.79. The van der Waals surface area contributed by atoms with E-state index in [1.54, 1.807) is 12.1 Å². The predicted octanol–water partition coefficient (Wildman–Crippen LogP) is 3.38. The molecule has 0 unspecified atom stereocenters. The minimum Gasteiger partial charge on any atom is -0.391 e. The van der Waals surface area contributed by atoms with Gasteiger partial charge in [-0.05, 0) is 23.3 Å². The average Bonchev–Trinajstić information content (AvgIpc) is 2.36. The highest BCUT2D eigenvalue weighted by Crippen LogP contribution is 2.02. The van der Waals surface area contributed by atoms with E-state index in [-0.39, 0.29) is 5.82 Å². The lowest BCUT2D eigenvalue weighted by Crippen LogP contribution is -1.88. The lowest BCUT2D eigenvalue weighted by atomic mass is 10.2. The van der Waals surface area contributed by atoms with Gasteiger partial charge in [0.25, 0.3) is 0 Å². The quantitative estimate of drug-likeness (QED) is 0.581. The molecule has 0 spiro atoms. The molecule has 0 N–H and O–H groups in total. The molecule has 0 saturated heterocycles. The molecule has 0 aliphatic heterocycles. The molecule has 0 aliphatic rings. The van der Waals surface area contributed by atoms with Crippen LogP contribution in [0.4, 0.5) is 4.39 Å². The zero-order chi connectivity index (χ0) is 11.9. The summed E-state index contributed by atoms with van der Waals surface area (Å²) in [7, 11) is 0. The predicted molar refractivity (Wildman–Crippen MR) is 65.2 cm³/mol. The van der Waals surface area contributed by atoms with Crippen molar-refractivity contribution in [1.29, 1.82) is 0 Å². The van der Waals surface area contributed by atoms with E-state index in [2.05, 4.69) is 5.16 Å². The van der Waals surface area contributed by atoms with Crippen LogP contribution in [0.15, 0.2) is 59.8 Å². The van der Waals surface area contributed by atoms with E-state index in [1.807, 2.05) is 30.3 Å². The Balaban J connectivity index is 1.86. The second-order valence-corrected chi connectivity index (χ2v) is 3.55. The van der Waals surface area contributed by atoms with Crippen LogP contribution in [0.5, 0.6) is 0 Å². The van der Waals surface area contributed by atoms with E-state index in [4.69, 9.17) is 4.84 Å². The third kappa shape index (κ3) is 3.72. The summed E-state index contributed by atoms with van der Waals surface area (Å²) in [6, 6.07) is 15.9. The van der Waals surface area contributed by atoms with Crippen molar-refractivity contribution >= 4 is 6.21 Å². The highest BCUT2D eigenvalue weighted by Gasteiger charge is 1.92. The number of oxime groups is 1. The standard InChI is InChI=1S/C14H12FNO/c15-14-8-4-7-13(9-14)10-16-17-11-12-5-2-1-3-6-12/h1-10H,11H2. The van der Waals surface area contributed by atoms with Crippen molar-refractivity contribution < 1.29 is 9.23 Å². The molecule has 0 amide bonds. The normalized spacial score (nSPS) is 10.6. The minimum atomic E-state index is -0.281. The Hall–Kier alpha value is -2.16. The zero-order valence-corrected chi connectivity index (χ0v) is 9.21. The van der Waals surface area contributed by atoms with Gasteiger partial charge in [0.2, 0.25) is 0 Å². The molecule has 0 heterocycles. The van der Waals surface area contributed by atoms with Crippen LogP contribution in [0.3, 0.4) is 0 Å². The third-order valence-corrected chi connectivity index (χ3v) is 2.20. The van der Waals surface area contributed by atoms with Crippen molar-refractivity contribution in [2.75, 3.05) is 0 Å². The molecule has 86 valence electrons. The van der Waals surface area contributed by atoms with E-state index >= 15 is 0 Å². The third-order valence-electron chi connectivity index (χ3n) is 2.20. The lowest BCUT2D eigenvalue weighted by molar-refractivity contribution is 0.132. The van der Waals surface area contributed by atoms with E-state index < -0.39 is 0 Å². The van der Waals surface area contributed by atoms with Crippen LogP contribution in [0.1, 0.15) is 11.1 Å². The van der Waals surface area contributed by atoms with Crippen molar-refractivity contribution in [3.8, 4) is 0 Å². The smallest absolute Gasteiger partial charge is 0.142 e. The molecule has 2 rings (SSSR count).